The number of carbonyl (C=O) groups is 2. The summed E-state index contributed by atoms with van der Waals surface area (Å²) in [6.07, 6.45) is 9.44. The van der Waals surface area contributed by atoms with Gasteiger partial charge >= 0.3 is 0 Å². The van der Waals surface area contributed by atoms with Crippen molar-refractivity contribution < 1.29 is 9.59 Å². The van der Waals surface area contributed by atoms with Crippen molar-refractivity contribution in [2.75, 3.05) is 13.1 Å². The number of amides is 2. The Labute approximate surface area is 144 Å². The lowest BCUT2D eigenvalue weighted by molar-refractivity contribution is -0.128. The highest BCUT2D eigenvalue weighted by atomic mass is 16.2. The van der Waals surface area contributed by atoms with E-state index < -0.39 is 0 Å². The minimum atomic E-state index is 0.00483. The standard InChI is InChI=1S/C20H28N2O2/c23-19-8-4-14-22(19)15-17-9-11-18(12-10-17)20(24)21-13-3-7-16-5-1-2-6-16/h9-12,16H,1-8,13-15H2,(H,21,24). The van der Waals surface area contributed by atoms with Crippen molar-refractivity contribution in [3.63, 3.8) is 0 Å². The maximum atomic E-state index is 12.2. The van der Waals surface area contributed by atoms with Crippen LogP contribution in [0, 0.1) is 5.92 Å². The number of nitrogens with one attached hydrogen (secondary N) is 1. The predicted molar refractivity (Wildman–Crippen MR) is 94.6 cm³/mol. The molecule has 0 radical (unpaired) electrons. The van der Waals surface area contributed by atoms with E-state index in [1.54, 1.807) is 0 Å². The van der Waals surface area contributed by atoms with Crippen molar-refractivity contribution in [2.24, 2.45) is 5.92 Å². The number of likely N-dealkylation sites (tertiary alicyclic amines) is 1. The molecule has 2 amide bonds. The number of hydrogen-bond donors (Lipinski definition) is 1. The number of benzene rings is 1. The maximum absolute atomic E-state index is 12.2. The second kappa shape index (κ2) is 8.32. The number of nitrogens with zero attached hydrogens (tertiary/aromatic N) is 1. The summed E-state index contributed by atoms with van der Waals surface area (Å²) >= 11 is 0. The van der Waals surface area contributed by atoms with Gasteiger partial charge in [-0.25, -0.2) is 0 Å². The summed E-state index contributed by atoms with van der Waals surface area (Å²) in [5, 5.41) is 3.02. The highest BCUT2D eigenvalue weighted by Gasteiger charge is 2.20. The summed E-state index contributed by atoms with van der Waals surface area (Å²) in [7, 11) is 0. The van der Waals surface area contributed by atoms with E-state index in [0.717, 1.165) is 37.4 Å². The van der Waals surface area contributed by atoms with Crippen LogP contribution in [0.2, 0.25) is 0 Å². The first-order chi connectivity index (χ1) is 11.7. The average molecular weight is 328 g/mol. The zero-order chi connectivity index (χ0) is 16.8. The molecule has 0 aromatic heterocycles. The Morgan fingerprint density at radius 1 is 1.12 bits per heavy atom. The molecule has 2 fully saturated rings. The summed E-state index contributed by atoms with van der Waals surface area (Å²) in [6, 6.07) is 7.64. The highest BCUT2D eigenvalue weighted by Crippen LogP contribution is 2.28. The van der Waals surface area contributed by atoms with E-state index in [9.17, 15) is 9.59 Å². The van der Waals surface area contributed by atoms with Crippen molar-refractivity contribution in [1.82, 2.24) is 10.2 Å². The molecule has 0 spiro atoms. The van der Waals surface area contributed by atoms with Crippen LogP contribution in [-0.2, 0) is 11.3 Å². The molecule has 1 aliphatic heterocycles. The Balaban J connectivity index is 1.40. The minimum Gasteiger partial charge on any atom is -0.352 e. The topological polar surface area (TPSA) is 49.4 Å². The lowest BCUT2D eigenvalue weighted by Crippen LogP contribution is -2.25. The van der Waals surface area contributed by atoms with Gasteiger partial charge in [0, 0.05) is 31.6 Å². The highest BCUT2D eigenvalue weighted by molar-refractivity contribution is 5.94. The van der Waals surface area contributed by atoms with E-state index in [1.165, 1.54) is 32.1 Å². The molecule has 1 N–H and O–H groups in total. The SMILES string of the molecule is O=C(NCCCC1CCCC1)c1ccc(CN2CCCC2=O)cc1. The van der Waals surface area contributed by atoms with Crippen LogP contribution in [0.4, 0.5) is 0 Å². The van der Waals surface area contributed by atoms with E-state index in [0.29, 0.717) is 18.5 Å². The summed E-state index contributed by atoms with van der Waals surface area (Å²) < 4.78 is 0. The zero-order valence-electron chi connectivity index (χ0n) is 14.4. The molecular weight excluding hydrogens is 300 g/mol. The Kier molecular flexibility index (Phi) is 5.89. The average Bonchev–Trinajstić information content (AvgIpc) is 3.25. The van der Waals surface area contributed by atoms with Crippen molar-refractivity contribution in [3.8, 4) is 0 Å². The normalized spacial score (nSPS) is 18.3. The van der Waals surface area contributed by atoms with E-state index in [2.05, 4.69) is 5.32 Å². The maximum Gasteiger partial charge on any atom is 0.251 e. The molecule has 1 heterocycles. The molecule has 1 aliphatic carbocycles. The van der Waals surface area contributed by atoms with Crippen LogP contribution in [0.25, 0.3) is 0 Å². The molecule has 1 aromatic carbocycles. The molecule has 0 unspecified atom stereocenters. The fourth-order valence-electron chi connectivity index (χ4n) is 3.85. The first-order valence-electron chi connectivity index (χ1n) is 9.37. The Morgan fingerprint density at radius 2 is 1.88 bits per heavy atom. The van der Waals surface area contributed by atoms with Gasteiger partial charge in [0.1, 0.15) is 0 Å². The van der Waals surface area contributed by atoms with Gasteiger partial charge in [0.15, 0.2) is 0 Å². The van der Waals surface area contributed by atoms with Crippen LogP contribution in [0.1, 0.15) is 67.3 Å². The van der Waals surface area contributed by atoms with Crippen LogP contribution in [0.15, 0.2) is 24.3 Å². The minimum absolute atomic E-state index is 0.00483. The quantitative estimate of drug-likeness (QED) is 0.779. The molecule has 1 saturated heterocycles. The lowest BCUT2D eigenvalue weighted by atomic mass is 10.0. The van der Waals surface area contributed by atoms with E-state index >= 15 is 0 Å². The fraction of sp³-hybridized carbons (Fsp3) is 0.600. The smallest absolute Gasteiger partial charge is 0.251 e. The van der Waals surface area contributed by atoms with Gasteiger partial charge in [-0.05, 0) is 42.9 Å². The Bertz CT molecular complexity index is 562. The number of rotatable bonds is 7. The summed E-state index contributed by atoms with van der Waals surface area (Å²) in [6.45, 7) is 2.27. The molecule has 1 aromatic rings. The molecular formula is C20H28N2O2. The third-order valence-electron chi connectivity index (χ3n) is 5.31. The van der Waals surface area contributed by atoms with Crippen molar-refractivity contribution in [2.45, 2.75) is 57.9 Å². The second-order valence-corrected chi connectivity index (χ2v) is 7.16. The fourth-order valence-corrected chi connectivity index (χ4v) is 3.85. The molecule has 0 atom stereocenters. The van der Waals surface area contributed by atoms with Gasteiger partial charge in [-0.15, -0.1) is 0 Å². The first kappa shape index (κ1) is 17.0. The molecule has 24 heavy (non-hydrogen) atoms. The molecule has 0 bridgehead atoms. The molecule has 3 rings (SSSR count). The van der Waals surface area contributed by atoms with Gasteiger partial charge in [-0.1, -0.05) is 37.8 Å². The summed E-state index contributed by atoms with van der Waals surface area (Å²) in [4.78, 5) is 25.7. The number of carbonyl (C=O) groups excluding carboxylic acids is 2. The zero-order valence-corrected chi connectivity index (χ0v) is 14.4. The second-order valence-electron chi connectivity index (χ2n) is 7.16. The Morgan fingerprint density at radius 3 is 2.54 bits per heavy atom. The van der Waals surface area contributed by atoms with Gasteiger partial charge in [0.25, 0.3) is 5.91 Å². The molecule has 130 valence electrons. The van der Waals surface area contributed by atoms with Crippen LogP contribution in [-0.4, -0.2) is 29.8 Å². The number of hydrogen-bond acceptors (Lipinski definition) is 2. The summed E-state index contributed by atoms with van der Waals surface area (Å²) in [5.74, 6) is 1.12. The van der Waals surface area contributed by atoms with Crippen LogP contribution >= 0.6 is 0 Å². The molecule has 4 heteroatoms. The first-order valence-corrected chi connectivity index (χ1v) is 9.37. The van der Waals surface area contributed by atoms with E-state index in [4.69, 9.17) is 0 Å². The molecule has 4 nitrogen and oxygen atoms in total. The van der Waals surface area contributed by atoms with Crippen LogP contribution in [0.5, 0.6) is 0 Å². The third-order valence-corrected chi connectivity index (χ3v) is 5.31. The van der Waals surface area contributed by atoms with Gasteiger partial charge in [-0.2, -0.15) is 0 Å². The van der Waals surface area contributed by atoms with Crippen molar-refractivity contribution in [1.29, 1.82) is 0 Å². The monoisotopic (exact) mass is 328 g/mol. The van der Waals surface area contributed by atoms with Gasteiger partial charge in [0.05, 0.1) is 0 Å². The van der Waals surface area contributed by atoms with Crippen LogP contribution < -0.4 is 5.32 Å². The lowest BCUT2D eigenvalue weighted by Gasteiger charge is -2.15. The van der Waals surface area contributed by atoms with Gasteiger partial charge < -0.3 is 10.2 Å². The van der Waals surface area contributed by atoms with Gasteiger partial charge in [-0.3, -0.25) is 9.59 Å². The van der Waals surface area contributed by atoms with Crippen LogP contribution in [0.3, 0.4) is 0 Å². The summed E-state index contributed by atoms with van der Waals surface area (Å²) in [5.41, 5.74) is 1.79. The van der Waals surface area contributed by atoms with E-state index in [1.807, 2.05) is 29.2 Å². The van der Waals surface area contributed by atoms with Crippen molar-refractivity contribution in [3.05, 3.63) is 35.4 Å². The third kappa shape index (κ3) is 4.59. The van der Waals surface area contributed by atoms with E-state index in [-0.39, 0.29) is 11.8 Å². The van der Waals surface area contributed by atoms with Crippen molar-refractivity contribution >= 4 is 11.8 Å². The molecule has 1 saturated carbocycles. The molecule has 2 aliphatic rings. The Hall–Kier alpha value is -1.84. The largest absolute Gasteiger partial charge is 0.352 e. The van der Waals surface area contributed by atoms with Gasteiger partial charge in [0.2, 0.25) is 5.91 Å². The predicted octanol–water partition coefficient (Wildman–Crippen LogP) is 3.51.